The van der Waals surface area contributed by atoms with Crippen molar-refractivity contribution in [3.8, 4) is 44.5 Å². The topological polar surface area (TPSA) is 315 Å². The van der Waals surface area contributed by atoms with Gasteiger partial charge in [-0.15, -0.1) is 0 Å². The molecule has 0 unspecified atom stereocenters. The summed E-state index contributed by atoms with van der Waals surface area (Å²) < 4.78 is 65.6. The molecule has 5 aliphatic rings. The Bertz CT molecular complexity index is 5270. The van der Waals surface area contributed by atoms with E-state index < -0.39 is 24.7 Å². The number of piperidine rings is 4. The minimum Gasteiger partial charge on any atom is -0.387 e. The normalized spacial score (nSPS) is 20.6. The van der Waals surface area contributed by atoms with E-state index in [1.54, 1.807) is 69.3 Å². The van der Waals surface area contributed by atoms with Crippen molar-refractivity contribution in [3.05, 3.63) is 121 Å². The van der Waals surface area contributed by atoms with Gasteiger partial charge < -0.3 is 60.8 Å². The molecule has 4 aliphatic heterocycles. The second-order valence-electron chi connectivity index (χ2n) is 30.7. The molecule has 1 aliphatic carbocycles. The lowest BCUT2D eigenvalue weighted by Crippen LogP contribution is -2.44. The van der Waals surface area contributed by atoms with E-state index in [2.05, 4.69) is 116 Å². The number of H-pyrrole nitrogens is 4. The van der Waals surface area contributed by atoms with Gasteiger partial charge in [-0.3, -0.25) is 37.9 Å². The number of nitrogens with zero attached hydrogens (tertiary/aromatic N) is 16. The van der Waals surface area contributed by atoms with Gasteiger partial charge in [0.25, 0.3) is 0 Å². The minimum absolute atomic E-state index is 0.0794. The maximum Gasteiger partial charge on any atom is 0.219 e. The third kappa shape index (κ3) is 16.3. The van der Waals surface area contributed by atoms with E-state index in [1.807, 2.05) is 89.1 Å². The predicted octanol–water partition coefficient (Wildman–Crippen LogP) is 13.3. The summed E-state index contributed by atoms with van der Waals surface area (Å²) in [6, 6.07) is -0.711. The van der Waals surface area contributed by atoms with Crippen LogP contribution in [0.5, 0.6) is 0 Å². The third-order valence-electron chi connectivity index (χ3n) is 22.4. The van der Waals surface area contributed by atoms with Crippen LogP contribution >= 0.6 is 0 Å². The van der Waals surface area contributed by atoms with E-state index in [9.17, 15) is 36.7 Å². The van der Waals surface area contributed by atoms with Crippen LogP contribution in [0, 0.1) is 27.7 Å². The van der Waals surface area contributed by atoms with Gasteiger partial charge in [-0.2, -0.15) is 20.4 Å². The Labute approximate surface area is 651 Å². The van der Waals surface area contributed by atoms with Gasteiger partial charge in [-0.25, -0.2) is 37.5 Å². The van der Waals surface area contributed by atoms with Gasteiger partial charge in [0.05, 0.1) is 97.9 Å². The first-order valence-electron chi connectivity index (χ1n) is 38.9. The van der Waals surface area contributed by atoms with Crippen LogP contribution in [-0.4, -0.2) is 225 Å². The molecule has 0 aromatic carbocycles. The summed E-state index contributed by atoms with van der Waals surface area (Å²) in [4.78, 5) is 83.3. The zero-order chi connectivity index (χ0) is 79.8. The first kappa shape index (κ1) is 78.1. The fraction of sp³-hybridized carbons (Fsp3) is 0.457. The first-order valence-corrected chi connectivity index (χ1v) is 38.9. The highest BCUT2D eigenvalue weighted by atomic mass is 19.1. The number of halogens is 4. The molecule has 5 fully saturated rings. The summed E-state index contributed by atoms with van der Waals surface area (Å²) >= 11 is 0. The van der Waals surface area contributed by atoms with Crippen molar-refractivity contribution in [3.63, 3.8) is 0 Å². The zero-order valence-corrected chi connectivity index (χ0v) is 65.9. The number of carbonyl (C=O) groups excluding carboxylic acids is 4. The van der Waals surface area contributed by atoms with E-state index in [1.165, 1.54) is 40.5 Å². The lowest BCUT2D eigenvalue weighted by atomic mass is 10.0. The predicted molar refractivity (Wildman–Crippen MR) is 431 cm³/mol. The van der Waals surface area contributed by atoms with Gasteiger partial charge in [-0.1, -0.05) is 0 Å². The van der Waals surface area contributed by atoms with E-state index in [0.29, 0.717) is 57.9 Å². The van der Waals surface area contributed by atoms with Crippen molar-refractivity contribution in [2.75, 3.05) is 87.2 Å². The fourth-order valence-electron chi connectivity index (χ4n) is 16.1. The summed E-state index contributed by atoms with van der Waals surface area (Å²) in [5.74, 6) is -0.335. The number of alkyl halides is 4. The lowest BCUT2D eigenvalue weighted by Gasteiger charge is -2.34. The molecule has 4 amide bonds. The van der Waals surface area contributed by atoms with Crippen molar-refractivity contribution in [1.82, 2.24) is 98.6 Å². The lowest BCUT2D eigenvalue weighted by molar-refractivity contribution is -0.132. The minimum atomic E-state index is -1.14. The molecule has 0 bridgehead atoms. The van der Waals surface area contributed by atoms with Crippen LogP contribution in [0.3, 0.4) is 0 Å². The Morgan fingerprint density at radius 3 is 0.991 bits per heavy atom. The number of aromatic amines is 4. The number of fused-ring (bicyclic) bond motifs is 4. The first-order chi connectivity index (χ1) is 54.3. The number of likely N-dealkylation sites (tertiary alicyclic amines) is 4. The van der Waals surface area contributed by atoms with E-state index >= 15 is 0 Å². The van der Waals surface area contributed by atoms with Crippen molar-refractivity contribution in [2.45, 2.75) is 176 Å². The van der Waals surface area contributed by atoms with Crippen LogP contribution in [0.1, 0.15) is 133 Å². The molecule has 28 nitrogen and oxygen atoms in total. The van der Waals surface area contributed by atoms with Gasteiger partial charge in [0, 0.05) is 220 Å². The van der Waals surface area contributed by atoms with Crippen LogP contribution in [0.15, 0.2) is 99.1 Å². The molecule has 0 spiro atoms. The van der Waals surface area contributed by atoms with Gasteiger partial charge in [0.1, 0.15) is 47.3 Å². The molecule has 0 radical (unpaired) electrons. The molecule has 12 aromatic heterocycles. The highest BCUT2D eigenvalue weighted by Gasteiger charge is 2.37. The summed E-state index contributed by atoms with van der Waals surface area (Å²) in [6.45, 7) is 23.8. The number of nitrogens with one attached hydrogen (secondary N) is 8. The summed E-state index contributed by atoms with van der Waals surface area (Å²) in [7, 11) is 1.88. The Morgan fingerprint density at radius 1 is 0.425 bits per heavy atom. The van der Waals surface area contributed by atoms with Crippen molar-refractivity contribution in [1.29, 1.82) is 0 Å². The number of pyridine rings is 4. The molecule has 12 aromatic rings. The molecule has 17 rings (SSSR count). The Balaban J connectivity index is 0.000000125. The zero-order valence-electron chi connectivity index (χ0n) is 65.9. The standard InChI is InChI=1S/C21H25FN6O.C21H27FN6O.C20H25FN6O.C19H23FN6O/c1-12-7-23-21-19(12)20(26-15-3-4-15)16(9-24-21)14-8-25-28(10-14)18-5-6-27(13(2)29)11-17(18)22;1-12(2)26-20-16(9-24-21-19(20)13(3)7-23-21)15-8-25-28(10-15)18-5-6-27(14(4)29)11-17(18)22;1-4-22-19-15(9-24-20-18(19)12(2)7-23-20)14-8-25-27(10-14)17-5-6-26(13(3)28)11-16(17)21;1-11-6-22-19-17(11)18(21-3)14(8-23-19)13-7-24-26(9-13)16-4-5-25(12(2)27)10-15(16)20/h7-10,15,17-18H,3-6,11H2,1-2H3,(H2,23,24,26);7-10,12,17-18H,5-6,11H2,1-4H3,(H2,23,24,26);7-10,16-17H,4-6,11H2,1-3H3,(H2,22,23,24);6-9,15-16H,4-5,10H2,1-3H3,(H2,21,22,23)/t2*17-,18-;16-,17-;15-,16-/m0000/s1. The molecular weight excluding hydrogens is 1450 g/mol. The highest BCUT2D eigenvalue weighted by Crippen LogP contribution is 2.43. The van der Waals surface area contributed by atoms with Crippen LogP contribution in [-0.2, 0) is 19.2 Å². The van der Waals surface area contributed by atoms with Crippen molar-refractivity contribution < 1.29 is 36.7 Å². The number of carbonyl (C=O) groups is 4. The highest BCUT2D eigenvalue weighted by molar-refractivity contribution is 6.03. The fourth-order valence-corrected chi connectivity index (χ4v) is 16.1. The number of hydrogen-bond donors (Lipinski definition) is 8. The molecule has 8 N–H and O–H groups in total. The van der Waals surface area contributed by atoms with Crippen LogP contribution in [0.4, 0.5) is 40.3 Å². The number of hydrogen-bond acceptors (Lipinski definition) is 16. The molecule has 1 saturated carbocycles. The molecule has 113 heavy (non-hydrogen) atoms. The monoisotopic (exact) mass is 1550 g/mol. The molecule has 8 atom stereocenters. The molecule has 16 heterocycles. The third-order valence-corrected chi connectivity index (χ3v) is 22.4. The number of aromatic nitrogens is 16. The maximum atomic E-state index is 14.8. The average molecular weight is 1550 g/mol. The average Bonchev–Trinajstić information content (AvgIpc) is 1.65. The van der Waals surface area contributed by atoms with Crippen molar-refractivity contribution in [2.24, 2.45) is 0 Å². The van der Waals surface area contributed by atoms with Gasteiger partial charge in [0.15, 0.2) is 0 Å². The van der Waals surface area contributed by atoms with E-state index in [4.69, 9.17) is 0 Å². The quantitative estimate of drug-likeness (QED) is 0.0442. The van der Waals surface area contributed by atoms with Crippen LogP contribution < -0.4 is 21.3 Å². The smallest absolute Gasteiger partial charge is 0.219 e. The molecular formula is C81H100F4N24O4. The van der Waals surface area contributed by atoms with Gasteiger partial charge in [0.2, 0.25) is 23.6 Å². The summed E-state index contributed by atoms with van der Waals surface area (Å²) in [5, 5.41) is 35.9. The van der Waals surface area contributed by atoms with E-state index in [-0.39, 0.29) is 80.0 Å². The maximum absolute atomic E-state index is 14.8. The molecule has 596 valence electrons. The SMILES string of the molecule is CC(=O)N1CC[C@H](n2cc(-c3cnc4[nH]cc(C)c4c3NC(C)C)cn2)[C@@H](F)C1.CC(=O)N1CC[C@H](n2cc(-c3cnc4[nH]cc(C)c4c3NC3CC3)cn2)[C@@H](F)C1.CCNc1c(-c2cnn([C@H]3CCN(C(C)=O)C[C@@H]3F)c2)cnc2[nH]cc(C)c12.CNc1c(-c2cnn([C@H]3CCN(C(C)=O)C[C@@H]3F)c2)cnc2[nH]cc(C)c12. The van der Waals surface area contributed by atoms with E-state index in [0.717, 1.165) is 140 Å². The number of rotatable bonds is 15. The number of amides is 4. The van der Waals surface area contributed by atoms with Gasteiger partial charge >= 0.3 is 0 Å². The van der Waals surface area contributed by atoms with Crippen molar-refractivity contribution >= 4 is 90.5 Å². The summed E-state index contributed by atoms with van der Waals surface area (Å²) in [6.07, 6.45) is 29.7. The molecule has 32 heteroatoms. The second-order valence-corrected chi connectivity index (χ2v) is 30.7. The van der Waals surface area contributed by atoms with Crippen LogP contribution in [0.2, 0.25) is 0 Å². The largest absolute Gasteiger partial charge is 0.387 e. The van der Waals surface area contributed by atoms with Gasteiger partial charge in [-0.05, 0) is 109 Å². The number of aryl methyl sites for hydroxylation is 4. The summed E-state index contributed by atoms with van der Waals surface area (Å²) in [5.41, 5.74) is 19.3. The second kappa shape index (κ2) is 33.0. The van der Waals surface area contributed by atoms with Crippen LogP contribution in [0.25, 0.3) is 88.6 Å². The Morgan fingerprint density at radius 2 is 0.708 bits per heavy atom. The Hall–Kier alpha value is -11.6. The molecule has 4 saturated heterocycles. The Kier molecular flexibility index (Phi) is 22.8. The number of anilines is 4.